The van der Waals surface area contributed by atoms with E-state index in [9.17, 15) is 14.9 Å². The van der Waals surface area contributed by atoms with Gasteiger partial charge in [0.05, 0.1) is 11.0 Å². The summed E-state index contributed by atoms with van der Waals surface area (Å²) in [5, 5.41) is 13.6. The predicted molar refractivity (Wildman–Crippen MR) is 81.7 cm³/mol. The zero-order valence-electron chi connectivity index (χ0n) is 13.3. The average molecular weight is 310 g/mol. The number of rotatable bonds is 6. The molecule has 0 fully saturated rings. The van der Waals surface area contributed by atoms with Gasteiger partial charge in [-0.2, -0.15) is 0 Å². The largest absolute Gasteiger partial charge is 0.444 e. The number of methoxy groups -OCH3 is 1. The van der Waals surface area contributed by atoms with Crippen LogP contribution in [0.3, 0.4) is 0 Å². The molecule has 1 aromatic rings. The van der Waals surface area contributed by atoms with Gasteiger partial charge in [0.1, 0.15) is 5.60 Å². The summed E-state index contributed by atoms with van der Waals surface area (Å²) in [6.07, 6.45) is -0.0863. The molecule has 0 radical (unpaired) electrons. The molecule has 1 amide bonds. The maximum atomic E-state index is 11.9. The fourth-order valence-corrected chi connectivity index (χ4v) is 1.86. The van der Waals surface area contributed by atoms with E-state index in [4.69, 9.17) is 9.47 Å². The van der Waals surface area contributed by atoms with Gasteiger partial charge in [0.15, 0.2) is 0 Å². The van der Waals surface area contributed by atoms with Crippen molar-refractivity contribution in [3.8, 4) is 0 Å². The van der Waals surface area contributed by atoms with Crippen LogP contribution < -0.4 is 5.32 Å². The van der Waals surface area contributed by atoms with Gasteiger partial charge in [-0.05, 0) is 32.8 Å². The molecule has 0 aliphatic heterocycles. The van der Waals surface area contributed by atoms with Crippen molar-refractivity contribution in [2.45, 2.75) is 38.8 Å². The highest BCUT2D eigenvalue weighted by molar-refractivity contribution is 5.68. The van der Waals surface area contributed by atoms with Gasteiger partial charge in [-0.3, -0.25) is 10.1 Å². The number of nitrogens with one attached hydrogen (secondary N) is 1. The molecule has 7 nitrogen and oxygen atoms in total. The molecule has 0 saturated heterocycles. The topological polar surface area (TPSA) is 90.7 Å². The molecule has 0 saturated carbocycles. The Hall–Kier alpha value is -2.15. The quantitative estimate of drug-likeness (QED) is 0.643. The smallest absolute Gasteiger partial charge is 0.408 e. The van der Waals surface area contributed by atoms with Crippen LogP contribution in [0.25, 0.3) is 0 Å². The number of carbonyl (C=O) groups is 1. The second-order valence-electron chi connectivity index (χ2n) is 5.83. The number of ether oxygens (including phenoxy) is 2. The lowest BCUT2D eigenvalue weighted by Crippen LogP contribution is -2.35. The van der Waals surface area contributed by atoms with E-state index < -0.39 is 22.7 Å². The van der Waals surface area contributed by atoms with Gasteiger partial charge in [-0.25, -0.2) is 4.79 Å². The van der Waals surface area contributed by atoms with Gasteiger partial charge >= 0.3 is 6.09 Å². The fraction of sp³-hybridized carbons (Fsp3) is 0.533. The molecular formula is C15H22N2O5. The van der Waals surface area contributed by atoms with Crippen LogP contribution in [0.15, 0.2) is 24.3 Å². The Balaban J connectivity index is 2.90. The first kappa shape index (κ1) is 17.9. The lowest BCUT2D eigenvalue weighted by atomic mass is 10.0. The molecule has 122 valence electrons. The van der Waals surface area contributed by atoms with Gasteiger partial charge in [0.25, 0.3) is 5.69 Å². The van der Waals surface area contributed by atoms with E-state index in [2.05, 4.69) is 5.32 Å². The number of carbonyl (C=O) groups excluding carboxylic acids is 1. The van der Waals surface area contributed by atoms with E-state index in [1.807, 2.05) is 0 Å². The molecule has 1 atom stereocenters. The lowest BCUT2D eigenvalue weighted by Gasteiger charge is -2.23. The Morgan fingerprint density at radius 3 is 2.64 bits per heavy atom. The highest BCUT2D eigenvalue weighted by atomic mass is 16.6. The first-order valence-corrected chi connectivity index (χ1v) is 6.96. The first-order chi connectivity index (χ1) is 10.2. The summed E-state index contributed by atoms with van der Waals surface area (Å²) in [6, 6.07) is 5.74. The van der Waals surface area contributed by atoms with Crippen molar-refractivity contribution in [3.05, 3.63) is 39.9 Å². The average Bonchev–Trinajstić information content (AvgIpc) is 2.41. The van der Waals surface area contributed by atoms with Gasteiger partial charge in [0.2, 0.25) is 0 Å². The van der Waals surface area contributed by atoms with Crippen LogP contribution in [0, 0.1) is 10.1 Å². The van der Waals surface area contributed by atoms with E-state index in [-0.39, 0.29) is 5.69 Å². The third-order valence-corrected chi connectivity index (χ3v) is 2.79. The molecule has 0 heterocycles. The highest BCUT2D eigenvalue weighted by Crippen LogP contribution is 2.22. The summed E-state index contributed by atoms with van der Waals surface area (Å²) in [5.41, 5.74) is 0.00138. The predicted octanol–water partition coefficient (Wildman–Crippen LogP) is 3.20. The molecule has 1 aromatic carbocycles. The molecule has 22 heavy (non-hydrogen) atoms. The van der Waals surface area contributed by atoms with Crippen molar-refractivity contribution in [3.63, 3.8) is 0 Å². The second-order valence-corrected chi connectivity index (χ2v) is 5.83. The summed E-state index contributed by atoms with van der Waals surface area (Å²) in [7, 11) is 1.55. The third-order valence-electron chi connectivity index (χ3n) is 2.79. The van der Waals surface area contributed by atoms with E-state index in [0.717, 1.165) is 0 Å². The van der Waals surface area contributed by atoms with E-state index in [1.165, 1.54) is 12.1 Å². The summed E-state index contributed by atoms with van der Waals surface area (Å²) >= 11 is 0. The minimum Gasteiger partial charge on any atom is -0.444 e. The number of hydrogen-bond acceptors (Lipinski definition) is 5. The fourth-order valence-electron chi connectivity index (χ4n) is 1.86. The minimum absolute atomic E-state index is 0.0223. The van der Waals surface area contributed by atoms with Crippen LogP contribution >= 0.6 is 0 Å². The van der Waals surface area contributed by atoms with Crippen LogP contribution in [-0.2, 0) is 9.47 Å². The minimum atomic E-state index is -0.613. The molecule has 0 aliphatic rings. The number of benzene rings is 1. The maximum absolute atomic E-state index is 11.9. The maximum Gasteiger partial charge on any atom is 0.408 e. The summed E-state index contributed by atoms with van der Waals surface area (Å²) in [6.45, 7) is 5.71. The molecule has 7 heteroatoms. The number of nitro groups is 1. The Bertz CT molecular complexity index is 525. The van der Waals surface area contributed by atoms with Gasteiger partial charge < -0.3 is 14.8 Å². The van der Waals surface area contributed by atoms with E-state index in [1.54, 1.807) is 40.0 Å². The van der Waals surface area contributed by atoms with Crippen LogP contribution in [0.4, 0.5) is 10.5 Å². The molecule has 0 aliphatic carbocycles. The van der Waals surface area contributed by atoms with E-state index in [0.29, 0.717) is 18.6 Å². The van der Waals surface area contributed by atoms with Crippen LogP contribution in [0.2, 0.25) is 0 Å². The number of nitrogens with zero attached hydrogens (tertiary/aromatic N) is 1. The summed E-state index contributed by atoms with van der Waals surface area (Å²) < 4.78 is 10.3. The van der Waals surface area contributed by atoms with Crippen molar-refractivity contribution >= 4 is 11.8 Å². The number of alkyl carbamates (subject to hydrolysis) is 1. The molecule has 0 bridgehead atoms. The van der Waals surface area contributed by atoms with Crippen molar-refractivity contribution < 1.29 is 19.2 Å². The molecule has 0 aromatic heterocycles. The number of non-ortho nitro benzene ring substituents is 1. The Labute approximate surface area is 129 Å². The Morgan fingerprint density at radius 2 is 2.09 bits per heavy atom. The molecule has 1 unspecified atom stereocenters. The second kappa shape index (κ2) is 7.74. The molecule has 0 spiro atoms. The van der Waals surface area contributed by atoms with Crippen molar-refractivity contribution in [2.75, 3.05) is 13.7 Å². The highest BCUT2D eigenvalue weighted by Gasteiger charge is 2.21. The van der Waals surface area contributed by atoms with Crippen LogP contribution in [-0.4, -0.2) is 30.3 Å². The van der Waals surface area contributed by atoms with Crippen molar-refractivity contribution in [1.82, 2.24) is 5.32 Å². The van der Waals surface area contributed by atoms with Gasteiger partial charge in [-0.1, -0.05) is 12.1 Å². The van der Waals surface area contributed by atoms with Crippen molar-refractivity contribution in [1.29, 1.82) is 0 Å². The Morgan fingerprint density at radius 1 is 1.41 bits per heavy atom. The Kier molecular flexibility index (Phi) is 6.30. The zero-order valence-corrected chi connectivity index (χ0v) is 13.3. The lowest BCUT2D eigenvalue weighted by molar-refractivity contribution is -0.384. The molecule has 1 rings (SSSR count). The number of hydrogen-bond donors (Lipinski definition) is 1. The van der Waals surface area contributed by atoms with Gasteiger partial charge in [0, 0.05) is 25.8 Å². The summed E-state index contributed by atoms with van der Waals surface area (Å²) in [4.78, 5) is 22.3. The normalized spacial score (nSPS) is 12.5. The van der Waals surface area contributed by atoms with Crippen LogP contribution in [0.5, 0.6) is 0 Å². The first-order valence-electron chi connectivity index (χ1n) is 6.96. The summed E-state index contributed by atoms with van der Waals surface area (Å²) in [5.74, 6) is 0. The zero-order chi connectivity index (χ0) is 16.8. The molecule has 1 N–H and O–H groups in total. The number of amides is 1. The van der Waals surface area contributed by atoms with Crippen LogP contribution in [0.1, 0.15) is 38.8 Å². The SMILES string of the molecule is COCCC(NC(=O)OC(C)(C)C)c1cccc([N+](=O)[O-])c1. The molecular weight excluding hydrogens is 288 g/mol. The monoisotopic (exact) mass is 310 g/mol. The van der Waals surface area contributed by atoms with E-state index >= 15 is 0 Å². The van der Waals surface area contributed by atoms with Gasteiger partial charge in [-0.15, -0.1) is 0 Å². The number of nitro benzene ring substituents is 1. The third kappa shape index (κ3) is 6.09. The standard InChI is InChI=1S/C15H22N2O5/c1-15(2,3)22-14(18)16-13(8-9-21-4)11-6-5-7-12(10-11)17(19)20/h5-7,10,13H,8-9H2,1-4H3,(H,16,18). The van der Waals surface area contributed by atoms with Crippen molar-refractivity contribution in [2.24, 2.45) is 0 Å².